The van der Waals surface area contributed by atoms with Crippen LogP contribution in [0.1, 0.15) is 94.1 Å². The molecule has 0 bridgehead atoms. The fraction of sp³-hybridized carbons (Fsp3) is 0.659. The van der Waals surface area contributed by atoms with Crippen molar-refractivity contribution in [3.63, 3.8) is 0 Å². The first-order valence-corrected chi connectivity index (χ1v) is 20.5. The van der Waals surface area contributed by atoms with E-state index in [-0.39, 0.29) is 6.42 Å². The van der Waals surface area contributed by atoms with Gasteiger partial charge in [-0.2, -0.15) is 0 Å². The van der Waals surface area contributed by atoms with Gasteiger partial charge in [-0.15, -0.1) is 12.3 Å². The predicted molar refractivity (Wildman–Crippen MR) is 222 cm³/mol. The maximum absolute atomic E-state index is 14.6. The molecule has 1 aliphatic heterocycles. The number of terminal acetylenes is 1. The van der Waals surface area contributed by atoms with Crippen molar-refractivity contribution in [1.82, 2.24) is 30.7 Å². The van der Waals surface area contributed by atoms with Crippen molar-refractivity contribution in [1.29, 1.82) is 0 Å². The SMILES string of the molecule is C#CCCC[C@@H]1NC(=O)C(C(C)C)NC(=O)[C@@H](Cc2ccccc2)N(C)C(=O)[C@@H](C(C)C)N(C)C(=O)[C@H](C(C)C)NC(=O)[C@H](C(C)C)N(C)C(=O)[C@H](C)OC(=O)[C@H]1C. The number of carbonyl (C=O) groups is 7. The van der Waals surface area contributed by atoms with Gasteiger partial charge in [0, 0.05) is 40.0 Å². The Morgan fingerprint density at radius 2 is 1.19 bits per heavy atom. The first-order valence-electron chi connectivity index (χ1n) is 20.5. The number of benzene rings is 1. The van der Waals surface area contributed by atoms with Gasteiger partial charge in [-0.25, -0.2) is 0 Å². The van der Waals surface area contributed by atoms with Crippen molar-refractivity contribution >= 4 is 41.4 Å². The first-order chi connectivity index (χ1) is 27.1. The van der Waals surface area contributed by atoms with E-state index in [1.807, 2.05) is 30.3 Å². The van der Waals surface area contributed by atoms with Gasteiger partial charge in [-0.05, 0) is 55.9 Å². The molecule has 6 amide bonds. The minimum Gasteiger partial charge on any atom is -0.452 e. The zero-order valence-corrected chi connectivity index (χ0v) is 36.8. The lowest BCUT2D eigenvalue weighted by atomic mass is 9.94. The molecule has 1 aromatic carbocycles. The summed E-state index contributed by atoms with van der Waals surface area (Å²) >= 11 is 0. The summed E-state index contributed by atoms with van der Waals surface area (Å²) in [6, 6.07) is 3.01. The molecule has 1 aliphatic rings. The molecule has 0 aromatic heterocycles. The number of hydrogen-bond acceptors (Lipinski definition) is 8. The number of rotatable bonds is 9. The van der Waals surface area contributed by atoms with E-state index in [9.17, 15) is 33.6 Å². The van der Waals surface area contributed by atoms with Gasteiger partial charge in [-0.1, -0.05) is 85.7 Å². The zero-order chi connectivity index (χ0) is 44.2. The van der Waals surface area contributed by atoms with Gasteiger partial charge in [0.2, 0.25) is 29.5 Å². The molecule has 0 aliphatic carbocycles. The third-order valence-electron chi connectivity index (χ3n) is 11.0. The van der Waals surface area contributed by atoms with Crippen LogP contribution in [0.15, 0.2) is 30.3 Å². The van der Waals surface area contributed by atoms with Gasteiger partial charge in [-0.3, -0.25) is 33.6 Å². The topological polar surface area (TPSA) is 175 Å². The predicted octanol–water partition coefficient (Wildman–Crippen LogP) is 3.17. The van der Waals surface area contributed by atoms with Gasteiger partial charge < -0.3 is 35.4 Å². The van der Waals surface area contributed by atoms with E-state index < -0.39 is 113 Å². The van der Waals surface area contributed by atoms with Gasteiger partial charge in [0.25, 0.3) is 5.91 Å². The summed E-state index contributed by atoms with van der Waals surface area (Å²) in [6.45, 7) is 17.2. The van der Waals surface area contributed by atoms with E-state index in [1.165, 1.54) is 42.8 Å². The van der Waals surface area contributed by atoms with Crippen molar-refractivity contribution in [2.24, 2.45) is 29.6 Å². The fourth-order valence-corrected chi connectivity index (χ4v) is 7.39. The third kappa shape index (κ3) is 12.8. The summed E-state index contributed by atoms with van der Waals surface area (Å²) in [5, 5.41) is 8.69. The van der Waals surface area contributed by atoms with Crippen LogP contribution in [0.3, 0.4) is 0 Å². The van der Waals surface area contributed by atoms with Crippen LogP contribution in [0.2, 0.25) is 0 Å². The standard InChI is InChI=1S/C44H68N6O8/c1-15-16-18-23-32-29(10)44(57)58-30(11)41(54)49(13)36(27(6)7)40(53)47-35(26(4)5)42(55)50(14)37(28(8)9)43(56)48(12)33(24-31-21-19-17-20-22-31)38(51)46-34(25(2)3)39(52)45-32/h1,17,19-22,25-30,32-37H,16,18,23-24H2,2-14H3,(H,45,52)(H,46,51)(H,47,53)/t29-,30-,32-,33+,34?,35-,36-,37+/m0/s1. The first kappa shape index (κ1) is 49.2. The van der Waals surface area contributed by atoms with Crippen LogP contribution < -0.4 is 16.0 Å². The third-order valence-corrected chi connectivity index (χ3v) is 11.0. The Kier molecular flexibility index (Phi) is 18.9. The second-order valence-corrected chi connectivity index (χ2v) is 17.0. The normalized spacial score (nSPS) is 26.9. The molecule has 1 heterocycles. The van der Waals surface area contributed by atoms with Crippen LogP contribution in [0, 0.1) is 41.9 Å². The number of nitrogens with zero attached hydrogens (tertiary/aromatic N) is 3. The van der Waals surface area contributed by atoms with Crippen LogP contribution in [0.5, 0.6) is 0 Å². The highest BCUT2D eigenvalue weighted by Crippen LogP contribution is 2.22. The Bertz CT molecular complexity index is 1640. The second-order valence-electron chi connectivity index (χ2n) is 17.0. The zero-order valence-electron chi connectivity index (χ0n) is 36.8. The lowest BCUT2D eigenvalue weighted by Gasteiger charge is -2.39. The molecule has 1 unspecified atom stereocenters. The van der Waals surface area contributed by atoms with Crippen molar-refractivity contribution in [3.05, 3.63) is 35.9 Å². The number of esters is 1. The molecule has 1 fully saturated rings. The summed E-state index contributed by atoms with van der Waals surface area (Å²) in [4.78, 5) is 103. The van der Waals surface area contributed by atoms with Crippen molar-refractivity contribution < 1.29 is 38.3 Å². The van der Waals surface area contributed by atoms with E-state index >= 15 is 0 Å². The average molecular weight is 809 g/mol. The molecular formula is C44H68N6O8. The van der Waals surface area contributed by atoms with E-state index in [0.717, 1.165) is 5.56 Å². The number of unbranched alkanes of at least 4 members (excludes halogenated alkanes) is 1. The second kappa shape index (κ2) is 22.3. The number of hydrogen-bond donors (Lipinski definition) is 3. The van der Waals surface area contributed by atoms with Crippen LogP contribution in [0.4, 0.5) is 0 Å². The summed E-state index contributed by atoms with van der Waals surface area (Å²) in [7, 11) is 4.44. The molecular weight excluding hydrogens is 741 g/mol. The van der Waals surface area contributed by atoms with E-state index in [2.05, 4.69) is 21.9 Å². The minimum absolute atomic E-state index is 0.104. The number of amides is 6. The molecule has 0 spiro atoms. The number of carbonyl (C=O) groups excluding carboxylic acids is 7. The van der Waals surface area contributed by atoms with Crippen molar-refractivity contribution in [2.75, 3.05) is 21.1 Å². The Morgan fingerprint density at radius 1 is 0.655 bits per heavy atom. The van der Waals surface area contributed by atoms with Crippen molar-refractivity contribution in [3.8, 4) is 12.3 Å². The summed E-state index contributed by atoms with van der Waals surface area (Å²) < 4.78 is 5.68. The molecule has 14 nitrogen and oxygen atoms in total. The highest BCUT2D eigenvalue weighted by molar-refractivity contribution is 5.97. The molecule has 1 aromatic rings. The molecule has 14 heteroatoms. The maximum Gasteiger partial charge on any atom is 0.311 e. The van der Waals surface area contributed by atoms with E-state index in [0.29, 0.717) is 19.3 Å². The number of nitrogens with one attached hydrogen (secondary N) is 3. The van der Waals surface area contributed by atoms with Crippen LogP contribution in [0.25, 0.3) is 0 Å². The highest BCUT2D eigenvalue weighted by Gasteiger charge is 2.42. The number of ether oxygens (including phenoxy) is 1. The fourth-order valence-electron chi connectivity index (χ4n) is 7.39. The molecule has 2 rings (SSSR count). The van der Waals surface area contributed by atoms with Gasteiger partial charge >= 0.3 is 5.97 Å². The average Bonchev–Trinajstić information content (AvgIpc) is 3.15. The largest absolute Gasteiger partial charge is 0.452 e. The molecule has 0 saturated carbocycles. The lowest BCUT2D eigenvalue weighted by Crippen LogP contribution is -2.62. The van der Waals surface area contributed by atoms with Crippen LogP contribution in [-0.2, 0) is 44.7 Å². The van der Waals surface area contributed by atoms with Gasteiger partial charge in [0.05, 0.1) is 5.92 Å². The monoisotopic (exact) mass is 809 g/mol. The highest BCUT2D eigenvalue weighted by atomic mass is 16.5. The summed E-state index contributed by atoms with van der Waals surface area (Å²) in [6.07, 6.45) is 5.47. The molecule has 322 valence electrons. The molecule has 1 saturated heterocycles. The lowest BCUT2D eigenvalue weighted by molar-refractivity contribution is -0.164. The van der Waals surface area contributed by atoms with E-state index in [1.54, 1.807) is 62.3 Å². The summed E-state index contributed by atoms with van der Waals surface area (Å²) in [5.74, 6) is -4.23. The Hall–Kier alpha value is -4.93. The molecule has 0 radical (unpaired) electrons. The Balaban J connectivity index is 2.81. The van der Waals surface area contributed by atoms with E-state index in [4.69, 9.17) is 11.2 Å². The summed E-state index contributed by atoms with van der Waals surface area (Å²) in [5.41, 5.74) is 0.765. The molecule has 3 N–H and O–H groups in total. The minimum atomic E-state index is -1.30. The Labute approximate surface area is 345 Å². The van der Waals surface area contributed by atoms with Crippen LogP contribution in [-0.4, -0.2) is 120 Å². The Morgan fingerprint density at radius 3 is 1.71 bits per heavy atom. The van der Waals surface area contributed by atoms with Crippen molar-refractivity contribution in [2.45, 2.75) is 137 Å². The quantitative estimate of drug-likeness (QED) is 0.194. The number of cyclic esters (lactones) is 1. The van der Waals surface area contributed by atoms with Gasteiger partial charge in [0.1, 0.15) is 30.2 Å². The van der Waals surface area contributed by atoms with Gasteiger partial charge in [0.15, 0.2) is 6.10 Å². The van der Waals surface area contributed by atoms with Crippen LogP contribution >= 0.6 is 0 Å². The maximum atomic E-state index is 14.6. The smallest absolute Gasteiger partial charge is 0.311 e. The number of likely N-dealkylation sites (N-methyl/N-ethyl adjacent to an activating group) is 3. The molecule has 8 atom stereocenters. The molecule has 58 heavy (non-hydrogen) atoms.